The number of para-hydroxylation sites is 1. The number of hydrogen-bond donors (Lipinski definition) is 1. The predicted molar refractivity (Wildman–Crippen MR) is 101 cm³/mol. The van der Waals surface area contributed by atoms with E-state index in [1.807, 2.05) is 29.2 Å². The zero-order valence-electron chi connectivity index (χ0n) is 15.3. The van der Waals surface area contributed by atoms with Crippen LogP contribution in [-0.2, 0) is 11.2 Å². The van der Waals surface area contributed by atoms with E-state index >= 15 is 0 Å². The molecular weight excluding hydrogens is 346 g/mol. The Hall–Kier alpha value is -3.16. The molecule has 8 nitrogen and oxygen atoms in total. The third-order valence-corrected chi connectivity index (χ3v) is 4.49. The first-order valence-corrected chi connectivity index (χ1v) is 8.88. The summed E-state index contributed by atoms with van der Waals surface area (Å²) in [6, 6.07) is 9.34. The van der Waals surface area contributed by atoms with Crippen LogP contribution in [0.5, 0.6) is 5.75 Å². The highest BCUT2D eigenvalue weighted by molar-refractivity contribution is 5.92. The minimum Gasteiger partial charge on any atom is -0.496 e. The van der Waals surface area contributed by atoms with Gasteiger partial charge in [-0.2, -0.15) is 0 Å². The highest BCUT2D eigenvalue weighted by Crippen LogP contribution is 2.17. The number of amides is 2. The number of piperazine rings is 1. The van der Waals surface area contributed by atoms with E-state index in [2.05, 4.69) is 15.3 Å². The standard InChI is InChI=1S/C19H23N5O3/c1-27-17-5-3-2-4-15(17)6-8-20-18(26)16-7-9-21-19(22-16)24-12-10-23(14-25)11-13-24/h2-5,7,9,14H,6,8,10-13H2,1H3,(H,20,26). The van der Waals surface area contributed by atoms with Crippen molar-refractivity contribution < 1.29 is 14.3 Å². The van der Waals surface area contributed by atoms with E-state index in [1.165, 1.54) is 0 Å². The molecular formula is C19H23N5O3. The topological polar surface area (TPSA) is 87.7 Å². The smallest absolute Gasteiger partial charge is 0.270 e. The van der Waals surface area contributed by atoms with E-state index in [4.69, 9.17) is 4.74 Å². The van der Waals surface area contributed by atoms with Crippen molar-refractivity contribution in [3.8, 4) is 5.75 Å². The third-order valence-electron chi connectivity index (χ3n) is 4.49. The van der Waals surface area contributed by atoms with E-state index < -0.39 is 0 Å². The number of anilines is 1. The summed E-state index contributed by atoms with van der Waals surface area (Å²) in [6.07, 6.45) is 3.11. The van der Waals surface area contributed by atoms with Crippen LogP contribution in [0.4, 0.5) is 5.95 Å². The van der Waals surface area contributed by atoms with Crippen LogP contribution in [0.3, 0.4) is 0 Å². The number of methoxy groups -OCH3 is 1. The molecule has 0 bridgehead atoms. The average Bonchev–Trinajstić information content (AvgIpc) is 2.74. The maximum atomic E-state index is 12.4. The van der Waals surface area contributed by atoms with Crippen molar-refractivity contribution in [2.24, 2.45) is 0 Å². The van der Waals surface area contributed by atoms with Gasteiger partial charge >= 0.3 is 0 Å². The second-order valence-corrected chi connectivity index (χ2v) is 6.19. The molecule has 1 aliphatic heterocycles. The maximum Gasteiger partial charge on any atom is 0.270 e. The van der Waals surface area contributed by atoms with Crippen LogP contribution < -0.4 is 15.0 Å². The Morgan fingerprint density at radius 1 is 1.22 bits per heavy atom. The Kier molecular flexibility index (Phi) is 6.19. The first-order valence-electron chi connectivity index (χ1n) is 8.88. The molecule has 1 aromatic heterocycles. The molecule has 0 atom stereocenters. The van der Waals surface area contributed by atoms with Gasteiger partial charge in [0.2, 0.25) is 12.4 Å². The van der Waals surface area contributed by atoms with Gasteiger partial charge in [0.05, 0.1) is 7.11 Å². The highest BCUT2D eigenvalue weighted by Gasteiger charge is 2.19. The lowest BCUT2D eigenvalue weighted by Gasteiger charge is -2.32. The normalized spacial score (nSPS) is 14.0. The predicted octanol–water partition coefficient (Wildman–Crippen LogP) is 0.736. The van der Waals surface area contributed by atoms with Gasteiger partial charge in [-0.15, -0.1) is 0 Å². The lowest BCUT2D eigenvalue weighted by atomic mass is 10.1. The van der Waals surface area contributed by atoms with Gasteiger partial charge in [0.15, 0.2) is 0 Å². The van der Waals surface area contributed by atoms with Crippen molar-refractivity contribution in [2.75, 3.05) is 44.7 Å². The van der Waals surface area contributed by atoms with E-state index in [0.29, 0.717) is 50.8 Å². The van der Waals surface area contributed by atoms with Gasteiger partial charge in [-0.25, -0.2) is 9.97 Å². The molecule has 1 fully saturated rings. The van der Waals surface area contributed by atoms with Crippen molar-refractivity contribution in [3.05, 3.63) is 47.8 Å². The highest BCUT2D eigenvalue weighted by atomic mass is 16.5. The summed E-state index contributed by atoms with van der Waals surface area (Å²) in [5.74, 6) is 1.09. The Balaban J connectivity index is 1.56. The molecule has 2 aromatic rings. The fourth-order valence-electron chi connectivity index (χ4n) is 2.97. The van der Waals surface area contributed by atoms with Gasteiger partial charge in [0, 0.05) is 38.9 Å². The van der Waals surface area contributed by atoms with Gasteiger partial charge in [-0.3, -0.25) is 9.59 Å². The molecule has 0 unspecified atom stereocenters. The molecule has 142 valence electrons. The monoisotopic (exact) mass is 369 g/mol. The van der Waals surface area contributed by atoms with Crippen molar-refractivity contribution >= 4 is 18.3 Å². The molecule has 2 heterocycles. The molecule has 8 heteroatoms. The SMILES string of the molecule is COc1ccccc1CCNC(=O)c1ccnc(N2CCN(C=O)CC2)n1. The van der Waals surface area contributed by atoms with Crippen LogP contribution in [0.1, 0.15) is 16.1 Å². The second-order valence-electron chi connectivity index (χ2n) is 6.19. The molecule has 0 saturated carbocycles. The van der Waals surface area contributed by atoms with E-state index in [-0.39, 0.29) is 5.91 Å². The number of carbonyl (C=O) groups excluding carboxylic acids is 2. The van der Waals surface area contributed by atoms with Gasteiger partial charge in [-0.1, -0.05) is 18.2 Å². The van der Waals surface area contributed by atoms with Gasteiger partial charge in [-0.05, 0) is 24.1 Å². The summed E-state index contributed by atoms with van der Waals surface area (Å²) in [4.78, 5) is 35.5. The maximum absolute atomic E-state index is 12.4. The number of ether oxygens (including phenoxy) is 1. The Morgan fingerprint density at radius 3 is 2.74 bits per heavy atom. The van der Waals surface area contributed by atoms with Crippen molar-refractivity contribution in [1.82, 2.24) is 20.2 Å². The number of hydrogen-bond acceptors (Lipinski definition) is 6. The number of carbonyl (C=O) groups is 2. The molecule has 1 N–H and O–H groups in total. The average molecular weight is 369 g/mol. The number of rotatable bonds is 7. The van der Waals surface area contributed by atoms with Crippen molar-refractivity contribution in [1.29, 1.82) is 0 Å². The summed E-state index contributed by atoms with van der Waals surface area (Å²) in [5.41, 5.74) is 1.37. The lowest BCUT2D eigenvalue weighted by molar-refractivity contribution is -0.118. The van der Waals surface area contributed by atoms with E-state index in [9.17, 15) is 9.59 Å². The molecule has 0 spiro atoms. The van der Waals surface area contributed by atoms with Crippen LogP contribution >= 0.6 is 0 Å². The van der Waals surface area contributed by atoms with Gasteiger partial charge in [0.25, 0.3) is 5.91 Å². The fourth-order valence-corrected chi connectivity index (χ4v) is 2.97. The summed E-state index contributed by atoms with van der Waals surface area (Å²) < 4.78 is 5.32. The molecule has 27 heavy (non-hydrogen) atoms. The zero-order valence-corrected chi connectivity index (χ0v) is 15.3. The molecule has 2 amide bonds. The Labute approximate surface area is 158 Å². The largest absolute Gasteiger partial charge is 0.496 e. The van der Waals surface area contributed by atoms with E-state index in [1.54, 1.807) is 24.3 Å². The summed E-state index contributed by atoms with van der Waals surface area (Å²) in [6.45, 7) is 3.04. The number of nitrogens with zero attached hydrogens (tertiary/aromatic N) is 4. The minimum absolute atomic E-state index is 0.236. The van der Waals surface area contributed by atoms with Crippen LogP contribution in [-0.4, -0.2) is 67.0 Å². The van der Waals surface area contributed by atoms with Gasteiger partial charge in [0.1, 0.15) is 11.4 Å². The Morgan fingerprint density at radius 2 is 2.00 bits per heavy atom. The molecule has 0 radical (unpaired) electrons. The summed E-state index contributed by atoms with van der Waals surface area (Å²) >= 11 is 0. The third kappa shape index (κ3) is 4.72. The van der Waals surface area contributed by atoms with Crippen LogP contribution in [0, 0.1) is 0 Å². The van der Waals surface area contributed by atoms with Crippen LogP contribution in [0.15, 0.2) is 36.5 Å². The molecule has 1 saturated heterocycles. The van der Waals surface area contributed by atoms with Crippen molar-refractivity contribution in [3.63, 3.8) is 0 Å². The zero-order chi connectivity index (χ0) is 19.1. The quantitative estimate of drug-likeness (QED) is 0.724. The van der Waals surface area contributed by atoms with E-state index in [0.717, 1.165) is 17.7 Å². The fraction of sp³-hybridized carbons (Fsp3) is 0.368. The first-order chi connectivity index (χ1) is 13.2. The number of benzene rings is 1. The molecule has 1 aliphatic rings. The lowest BCUT2D eigenvalue weighted by Crippen LogP contribution is -2.46. The van der Waals surface area contributed by atoms with Gasteiger partial charge < -0.3 is 19.9 Å². The van der Waals surface area contributed by atoms with Crippen LogP contribution in [0.25, 0.3) is 0 Å². The minimum atomic E-state index is -0.236. The Bertz CT molecular complexity index is 790. The second kappa shape index (κ2) is 8.98. The number of nitrogens with one attached hydrogen (secondary N) is 1. The summed E-state index contributed by atoms with van der Waals surface area (Å²) in [7, 11) is 1.63. The van der Waals surface area contributed by atoms with Crippen molar-refractivity contribution in [2.45, 2.75) is 6.42 Å². The number of aromatic nitrogens is 2. The summed E-state index contributed by atoms with van der Waals surface area (Å²) in [5, 5.41) is 2.89. The first kappa shape index (κ1) is 18.6. The van der Waals surface area contributed by atoms with Crippen LogP contribution in [0.2, 0.25) is 0 Å². The molecule has 3 rings (SSSR count). The molecule has 0 aliphatic carbocycles. The molecule has 1 aromatic carbocycles.